The third kappa shape index (κ3) is 5.00. The predicted octanol–water partition coefficient (Wildman–Crippen LogP) is 5.59. The zero-order valence-electron chi connectivity index (χ0n) is 17.9. The van der Waals surface area contributed by atoms with Crippen molar-refractivity contribution in [1.29, 1.82) is 0 Å². The second kappa shape index (κ2) is 9.14. The van der Waals surface area contributed by atoms with Gasteiger partial charge < -0.3 is 9.64 Å². The highest BCUT2D eigenvalue weighted by Crippen LogP contribution is 2.39. The number of hydrogen-bond acceptors (Lipinski definition) is 3. The van der Waals surface area contributed by atoms with Crippen LogP contribution in [0.2, 0.25) is 0 Å². The number of esters is 1. The van der Waals surface area contributed by atoms with Crippen molar-refractivity contribution in [3.05, 3.63) is 82.3 Å². The van der Waals surface area contributed by atoms with Gasteiger partial charge in [0.15, 0.2) is 0 Å². The molecule has 0 aliphatic carbocycles. The molecule has 0 unspecified atom stereocenters. The van der Waals surface area contributed by atoms with Gasteiger partial charge in [-0.05, 0) is 44.5 Å². The van der Waals surface area contributed by atoms with E-state index < -0.39 is 35.5 Å². The summed E-state index contributed by atoms with van der Waals surface area (Å²) >= 11 is 0. The Morgan fingerprint density at radius 2 is 1.75 bits per heavy atom. The molecule has 0 spiro atoms. The average Bonchev–Trinajstić information content (AvgIpc) is 2.70. The first-order valence-electron chi connectivity index (χ1n) is 10.1. The lowest BCUT2D eigenvalue weighted by Gasteiger charge is -2.35. The number of benzene rings is 2. The fourth-order valence-electron chi connectivity index (χ4n) is 3.73. The Morgan fingerprint density at radius 3 is 2.31 bits per heavy atom. The Labute approximate surface area is 183 Å². The van der Waals surface area contributed by atoms with Crippen molar-refractivity contribution in [2.45, 2.75) is 51.9 Å². The van der Waals surface area contributed by atoms with Crippen molar-refractivity contribution in [1.82, 2.24) is 4.90 Å². The fourth-order valence-corrected chi connectivity index (χ4v) is 3.73. The van der Waals surface area contributed by atoms with Gasteiger partial charge in [-0.3, -0.25) is 4.79 Å². The van der Waals surface area contributed by atoms with E-state index in [0.29, 0.717) is 11.3 Å². The highest BCUT2D eigenvalue weighted by molar-refractivity contribution is 5.96. The maximum atomic E-state index is 14.2. The number of carbonyl (C=O) groups excluding carboxylic acids is 2. The van der Waals surface area contributed by atoms with Gasteiger partial charge in [0.1, 0.15) is 5.82 Å². The molecule has 170 valence electrons. The molecule has 0 aromatic heterocycles. The van der Waals surface area contributed by atoms with Crippen molar-refractivity contribution in [2.24, 2.45) is 0 Å². The van der Waals surface area contributed by atoms with E-state index in [1.165, 1.54) is 29.2 Å². The number of carbonyl (C=O) groups is 2. The Balaban J connectivity index is 2.04. The molecule has 0 N–H and O–H groups in total. The number of nitrogens with zero attached hydrogens (tertiary/aromatic N) is 1. The number of amides is 1. The first kappa shape index (κ1) is 23.5. The molecule has 8 heteroatoms. The number of ether oxygens (including phenoxy) is 1. The van der Waals surface area contributed by atoms with Crippen LogP contribution in [0.4, 0.5) is 17.6 Å². The van der Waals surface area contributed by atoms with E-state index in [1.54, 1.807) is 32.9 Å². The second-order valence-electron chi connectivity index (χ2n) is 7.90. The standard InChI is InChI=1S/C24H23F4NO3/c1-14(2)32-23(31)22-15(3)29(13-17-6-4-5-7-20(17)25)21(30)12-19(22)16-8-10-18(11-9-16)24(26,27)28/h4-11,14,19H,12-13H2,1-3H3/t19-/m1/s1. The molecule has 0 radical (unpaired) electrons. The average molecular weight is 449 g/mol. The van der Waals surface area contributed by atoms with Gasteiger partial charge >= 0.3 is 12.1 Å². The van der Waals surface area contributed by atoms with Gasteiger partial charge in [0.25, 0.3) is 0 Å². The third-order valence-corrected chi connectivity index (χ3v) is 5.31. The van der Waals surface area contributed by atoms with Gasteiger partial charge in [-0.2, -0.15) is 13.2 Å². The molecule has 2 aromatic rings. The van der Waals surface area contributed by atoms with Crippen LogP contribution in [0.3, 0.4) is 0 Å². The molecule has 1 amide bonds. The molecule has 32 heavy (non-hydrogen) atoms. The topological polar surface area (TPSA) is 46.6 Å². The lowest BCUT2D eigenvalue weighted by Crippen LogP contribution is -2.38. The molecule has 0 saturated carbocycles. The lowest BCUT2D eigenvalue weighted by atomic mass is 9.83. The largest absolute Gasteiger partial charge is 0.460 e. The Kier molecular flexibility index (Phi) is 6.71. The minimum Gasteiger partial charge on any atom is -0.460 e. The summed E-state index contributed by atoms with van der Waals surface area (Å²) in [6.07, 6.45) is -5.09. The first-order valence-corrected chi connectivity index (χ1v) is 10.1. The van der Waals surface area contributed by atoms with Crippen molar-refractivity contribution < 1.29 is 31.9 Å². The maximum Gasteiger partial charge on any atom is 0.416 e. The van der Waals surface area contributed by atoms with Crippen molar-refractivity contribution in [3.8, 4) is 0 Å². The molecule has 1 aliphatic rings. The fraction of sp³-hybridized carbons (Fsp3) is 0.333. The van der Waals surface area contributed by atoms with Crippen LogP contribution in [0.15, 0.2) is 59.8 Å². The molecular weight excluding hydrogens is 426 g/mol. The van der Waals surface area contributed by atoms with Crippen LogP contribution in [-0.4, -0.2) is 22.9 Å². The number of rotatable bonds is 5. The molecule has 3 rings (SSSR count). The molecule has 1 aliphatic heterocycles. The Bertz CT molecular complexity index is 1040. The summed E-state index contributed by atoms with van der Waals surface area (Å²) in [7, 11) is 0. The molecule has 1 heterocycles. The van der Waals surface area contributed by atoms with Crippen molar-refractivity contribution in [3.63, 3.8) is 0 Å². The van der Waals surface area contributed by atoms with E-state index in [-0.39, 0.29) is 30.0 Å². The summed E-state index contributed by atoms with van der Waals surface area (Å²) in [6, 6.07) is 10.4. The highest BCUT2D eigenvalue weighted by Gasteiger charge is 2.38. The van der Waals surface area contributed by atoms with Crippen LogP contribution in [-0.2, 0) is 27.0 Å². The van der Waals surface area contributed by atoms with E-state index in [9.17, 15) is 27.2 Å². The van der Waals surface area contributed by atoms with Gasteiger partial charge in [0, 0.05) is 23.6 Å². The van der Waals surface area contributed by atoms with Crippen LogP contribution in [0, 0.1) is 5.82 Å². The molecule has 0 bridgehead atoms. The van der Waals surface area contributed by atoms with E-state index in [4.69, 9.17) is 4.74 Å². The number of alkyl halides is 3. The third-order valence-electron chi connectivity index (χ3n) is 5.31. The SMILES string of the molecule is CC1=C(C(=O)OC(C)C)[C@@H](c2ccc(C(F)(F)F)cc2)CC(=O)N1Cc1ccccc1F. The maximum absolute atomic E-state index is 14.2. The van der Waals surface area contributed by atoms with Crippen molar-refractivity contribution >= 4 is 11.9 Å². The van der Waals surface area contributed by atoms with Crippen LogP contribution >= 0.6 is 0 Å². The molecule has 2 aromatic carbocycles. The van der Waals surface area contributed by atoms with E-state index in [2.05, 4.69) is 0 Å². The number of hydrogen-bond donors (Lipinski definition) is 0. The summed E-state index contributed by atoms with van der Waals surface area (Å²) in [5.74, 6) is -2.28. The molecular formula is C24H23F4NO3. The zero-order chi connectivity index (χ0) is 23.6. The van der Waals surface area contributed by atoms with E-state index in [1.807, 2.05) is 0 Å². The number of allylic oxidation sites excluding steroid dienone is 1. The van der Waals surface area contributed by atoms with Gasteiger partial charge in [-0.15, -0.1) is 0 Å². The molecule has 0 fully saturated rings. The van der Waals surface area contributed by atoms with Gasteiger partial charge in [-0.25, -0.2) is 9.18 Å². The number of halogens is 4. The quantitative estimate of drug-likeness (QED) is 0.442. The molecule has 4 nitrogen and oxygen atoms in total. The summed E-state index contributed by atoms with van der Waals surface area (Å²) < 4.78 is 58.4. The van der Waals surface area contributed by atoms with Crippen LogP contribution < -0.4 is 0 Å². The summed E-state index contributed by atoms with van der Waals surface area (Å²) in [6.45, 7) is 4.83. The summed E-state index contributed by atoms with van der Waals surface area (Å²) in [5.41, 5.74) is 0.322. The van der Waals surface area contributed by atoms with E-state index >= 15 is 0 Å². The Morgan fingerprint density at radius 1 is 1.12 bits per heavy atom. The van der Waals surface area contributed by atoms with Crippen LogP contribution in [0.25, 0.3) is 0 Å². The minimum atomic E-state index is -4.50. The smallest absolute Gasteiger partial charge is 0.416 e. The predicted molar refractivity (Wildman–Crippen MR) is 110 cm³/mol. The van der Waals surface area contributed by atoms with Gasteiger partial charge in [0.2, 0.25) is 5.91 Å². The highest BCUT2D eigenvalue weighted by atomic mass is 19.4. The lowest BCUT2D eigenvalue weighted by molar-refractivity contribution is -0.144. The first-order chi connectivity index (χ1) is 15.0. The monoisotopic (exact) mass is 449 g/mol. The van der Waals surface area contributed by atoms with Crippen LogP contribution in [0.1, 0.15) is 49.8 Å². The van der Waals surface area contributed by atoms with E-state index in [0.717, 1.165) is 12.1 Å². The Hall–Kier alpha value is -3.16. The molecule has 0 saturated heterocycles. The summed E-state index contributed by atoms with van der Waals surface area (Å²) in [5, 5.41) is 0. The summed E-state index contributed by atoms with van der Waals surface area (Å²) in [4.78, 5) is 27.2. The minimum absolute atomic E-state index is 0.0739. The van der Waals surface area contributed by atoms with Gasteiger partial charge in [0.05, 0.1) is 23.8 Å². The second-order valence-corrected chi connectivity index (χ2v) is 7.90. The van der Waals surface area contributed by atoms with Crippen LogP contribution in [0.5, 0.6) is 0 Å². The van der Waals surface area contributed by atoms with Gasteiger partial charge in [-0.1, -0.05) is 30.3 Å². The molecule has 1 atom stereocenters. The normalized spacial score (nSPS) is 17.2. The zero-order valence-corrected chi connectivity index (χ0v) is 17.9. The van der Waals surface area contributed by atoms with Crippen molar-refractivity contribution in [2.75, 3.05) is 0 Å².